The van der Waals surface area contributed by atoms with Crippen molar-refractivity contribution in [2.24, 2.45) is 5.92 Å². The molecule has 0 bridgehead atoms. The van der Waals surface area contributed by atoms with Gasteiger partial charge in [-0.25, -0.2) is 0 Å². The SMILES string of the molecule is COCCNCC1CCCN(CC(=O)N(C)C2CC2)C1. The number of ether oxygens (including phenoxy) is 1. The Bertz CT molecular complexity index is 307. The first-order valence-electron chi connectivity index (χ1n) is 7.88. The highest BCUT2D eigenvalue weighted by molar-refractivity contribution is 5.78. The third-order valence-electron chi connectivity index (χ3n) is 4.37. The van der Waals surface area contributed by atoms with Crippen LogP contribution in [-0.4, -0.2) is 75.2 Å². The van der Waals surface area contributed by atoms with Crippen LogP contribution in [0.2, 0.25) is 0 Å². The maximum atomic E-state index is 12.2. The van der Waals surface area contributed by atoms with Crippen LogP contribution in [0.15, 0.2) is 0 Å². The molecule has 20 heavy (non-hydrogen) atoms. The van der Waals surface area contributed by atoms with Gasteiger partial charge in [-0.3, -0.25) is 9.69 Å². The van der Waals surface area contributed by atoms with Crippen LogP contribution < -0.4 is 5.32 Å². The number of likely N-dealkylation sites (tertiary alicyclic amines) is 1. The van der Waals surface area contributed by atoms with Gasteiger partial charge in [-0.15, -0.1) is 0 Å². The molecule has 1 amide bonds. The fourth-order valence-electron chi connectivity index (χ4n) is 2.91. The first-order valence-corrected chi connectivity index (χ1v) is 7.88. The molecule has 2 fully saturated rings. The Labute approximate surface area is 122 Å². The van der Waals surface area contributed by atoms with Crippen LogP contribution in [0.5, 0.6) is 0 Å². The predicted molar refractivity (Wildman–Crippen MR) is 79.7 cm³/mol. The molecule has 0 spiro atoms. The highest BCUT2D eigenvalue weighted by Crippen LogP contribution is 2.25. The van der Waals surface area contributed by atoms with E-state index in [0.717, 1.165) is 32.8 Å². The third-order valence-corrected chi connectivity index (χ3v) is 4.37. The molecule has 1 saturated heterocycles. The molecule has 2 aliphatic rings. The normalized spacial score (nSPS) is 23.8. The molecule has 1 N–H and O–H groups in total. The minimum absolute atomic E-state index is 0.292. The maximum absolute atomic E-state index is 12.2. The van der Waals surface area contributed by atoms with Gasteiger partial charge in [-0.2, -0.15) is 0 Å². The number of hydrogen-bond acceptors (Lipinski definition) is 4. The molecule has 0 radical (unpaired) electrons. The van der Waals surface area contributed by atoms with E-state index in [4.69, 9.17) is 4.74 Å². The molecular formula is C15H29N3O2. The largest absolute Gasteiger partial charge is 0.383 e. The van der Waals surface area contributed by atoms with E-state index in [0.29, 0.717) is 24.4 Å². The fraction of sp³-hybridized carbons (Fsp3) is 0.933. The first kappa shape index (κ1) is 15.7. The third kappa shape index (κ3) is 5.04. The lowest BCUT2D eigenvalue weighted by Gasteiger charge is -2.33. The van der Waals surface area contributed by atoms with Crippen LogP contribution in [0.4, 0.5) is 0 Å². The van der Waals surface area contributed by atoms with Crippen LogP contribution in [0.25, 0.3) is 0 Å². The monoisotopic (exact) mass is 283 g/mol. The number of rotatable bonds is 8. The maximum Gasteiger partial charge on any atom is 0.236 e. The Hall–Kier alpha value is -0.650. The second-order valence-electron chi connectivity index (χ2n) is 6.18. The van der Waals surface area contributed by atoms with Crippen molar-refractivity contribution in [3.05, 3.63) is 0 Å². The number of hydrogen-bond donors (Lipinski definition) is 1. The summed E-state index contributed by atoms with van der Waals surface area (Å²) in [6.07, 6.45) is 4.85. The van der Waals surface area contributed by atoms with Crippen molar-refractivity contribution in [2.45, 2.75) is 31.7 Å². The van der Waals surface area contributed by atoms with E-state index >= 15 is 0 Å². The number of methoxy groups -OCH3 is 1. The molecule has 1 aliphatic carbocycles. The molecule has 1 aliphatic heterocycles. The molecule has 2 rings (SSSR count). The van der Waals surface area contributed by atoms with Gasteiger partial charge in [0.15, 0.2) is 0 Å². The Morgan fingerprint density at radius 1 is 1.40 bits per heavy atom. The summed E-state index contributed by atoms with van der Waals surface area (Å²) < 4.78 is 5.04. The minimum atomic E-state index is 0.292. The summed E-state index contributed by atoms with van der Waals surface area (Å²) in [7, 11) is 3.68. The molecule has 0 aromatic carbocycles. The second-order valence-corrected chi connectivity index (χ2v) is 6.18. The van der Waals surface area contributed by atoms with E-state index in [2.05, 4.69) is 10.2 Å². The van der Waals surface area contributed by atoms with Gasteiger partial charge in [0.25, 0.3) is 0 Å². The number of carbonyl (C=O) groups excluding carboxylic acids is 1. The quantitative estimate of drug-likeness (QED) is 0.661. The average Bonchev–Trinajstić information content (AvgIpc) is 3.28. The summed E-state index contributed by atoms with van der Waals surface area (Å²) in [6.45, 7) is 5.43. The first-order chi connectivity index (χ1) is 9.70. The van der Waals surface area contributed by atoms with Gasteiger partial charge in [0.05, 0.1) is 13.2 Å². The molecule has 0 aromatic rings. The van der Waals surface area contributed by atoms with Gasteiger partial charge in [0.2, 0.25) is 5.91 Å². The Morgan fingerprint density at radius 2 is 2.20 bits per heavy atom. The van der Waals surface area contributed by atoms with Crippen molar-refractivity contribution in [3.63, 3.8) is 0 Å². The van der Waals surface area contributed by atoms with Gasteiger partial charge in [-0.1, -0.05) is 0 Å². The zero-order chi connectivity index (χ0) is 14.4. The zero-order valence-electron chi connectivity index (χ0n) is 12.9. The molecule has 5 nitrogen and oxygen atoms in total. The summed E-state index contributed by atoms with van der Waals surface area (Å²) in [6, 6.07) is 0.527. The molecule has 1 unspecified atom stereocenters. The molecule has 116 valence electrons. The van der Waals surface area contributed by atoms with E-state index < -0.39 is 0 Å². The van der Waals surface area contributed by atoms with Gasteiger partial charge >= 0.3 is 0 Å². The Kier molecular flexibility index (Phi) is 6.26. The standard InChI is InChI=1S/C15H29N3O2/c1-17(14-5-6-14)15(19)12-18-8-3-4-13(11-18)10-16-7-9-20-2/h13-14,16H,3-12H2,1-2H3. The number of nitrogens with one attached hydrogen (secondary N) is 1. The number of likely N-dealkylation sites (N-methyl/N-ethyl adjacent to an activating group) is 1. The Morgan fingerprint density at radius 3 is 2.90 bits per heavy atom. The smallest absolute Gasteiger partial charge is 0.236 e. The summed E-state index contributed by atoms with van der Waals surface area (Å²) in [5.41, 5.74) is 0. The highest BCUT2D eigenvalue weighted by Gasteiger charge is 2.31. The van der Waals surface area contributed by atoms with E-state index in [1.54, 1.807) is 7.11 Å². The van der Waals surface area contributed by atoms with Crippen LogP contribution in [0, 0.1) is 5.92 Å². The fourth-order valence-corrected chi connectivity index (χ4v) is 2.91. The van der Waals surface area contributed by atoms with E-state index in [-0.39, 0.29) is 0 Å². The topological polar surface area (TPSA) is 44.8 Å². The molecule has 5 heteroatoms. The summed E-state index contributed by atoms with van der Waals surface area (Å²) in [5, 5.41) is 3.43. The van der Waals surface area contributed by atoms with Gasteiger partial charge in [0.1, 0.15) is 0 Å². The average molecular weight is 283 g/mol. The lowest BCUT2D eigenvalue weighted by molar-refractivity contribution is -0.132. The van der Waals surface area contributed by atoms with Crippen molar-refractivity contribution in [3.8, 4) is 0 Å². The number of piperidine rings is 1. The number of nitrogens with zero attached hydrogens (tertiary/aromatic N) is 2. The molecule has 0 aromatic heterocycles. The lowest BCUT2D eigenvalue weighted by atomic mass is 9.98. The van der Waals surface area contributed by atoms with E-state index in [1.165, 1.54) is 25.7 Å². The van der Waals surface area contributed by atoms with Gasteiger partial charge in [0, 0.05) is 33.3 Å². The van der Waals surface area contributed by atoms with Crippen LogP contribution in [0.3, 0.4) is 0 Å². The minimum Gasteiger partial charge on any atom is -0.383 e. The predicted octanol–water partition coefficient (Wildman–Crippen LogP) is 0.555. The number of amides is 1. The lowest BCUT2D eigenvalue weighted by Crippen LogP contribution is -2.45. The van der Waals surface area contributed by atoms with Gasteiger partial charge < -0.3 is 15.0 Å². The van der Waals surface area contributed by atoms with Crippen molar-refractivity contribution < 1.29 is 9.53 Å². The molecule has 1 heterocycles. The molecule has 1 atom stereocenters. The zero-order valence-corrected chi connectivity index (χ0v) is 12.9. The van der Waals surface area contributed by atoms with Crippen molar-refractivity contribution in [1.82, 2.24) is 15.1 Å². The summed E-state index contributed by atoms with van der Waals surface area (Å²) in [5.74, 6) is 0.958. The van der Waals surface area contributed by atoms with Gasteiger partial charge in [-0.05, 0) is 44.7 Å². The van der Waals surface area contributed by atoms with E-state index in [9.17, 15) is 4.79 Å². The summed E-state index contributed by atoms with van der Waals surface area (Å²) in [4.78, 5) is 16.4. The summed E-state index contributed by atoms with van der Waals surface area (Å²) >= 11 is 0. The molecule has 1 saturated carbocycles. The number of carbonyl (C=O) groups is 1. The van der Waals surface area contributed by atoms with Crippen molar-refractivity contribution in [1.29, 1.82) is 0 Å². The second kappa shape index (κ2) is 7.96. The van der Waals surface area contributed by atoms with Crippen LogP contribution >= 0.6 is 0 Å². The van der Waals surface area contributed by atoms with Crippen LogP contribution in [-0.2, 0) is 9.53 Å². The molecular weight excluding hydrogens is 254 g/mol. The highest BCUT2D eigenvalue weighted by atomic mass is 16.5. The Balaban J connectivity index is 1.65. The van der Waals surface area contributed by atoms with Crippen LogP contribution in [0.1, 0.15) is 25.7 Å². The van der Waals surface area contributed by atoms with Crippen molar-refractivity contribution in [2.75, 3.05) is 53.5 Å². The van der Waals surface area contributed by atoms with E-state index in [1.807, 2.05) is 11.9 Å². The van der Waals surface area contributed by atoms with Crippen molar-refractivity contribution >= 4 is 5.91 Å².